The maximum atomic E-state index is 13.5. The van der Waals surface area contributed by atoms with Crippen LogP contribution in [0.4, 0.5) is 22.1 Å². The van der Waals surface area contributed by atoms with Crippen molar-refractivity contribution >= 4 is 46.7 Å². The SMILES string of the molecule is C/C=C/C(=O)OCOC(=O)N(C(=O)c1ccc(C)c(Nc2ncnn3cc(C(=O)NCC)c(C)c23)c1)c1ccon1. The van der Waals surface area contributed by atoms with Gasteiger partial charge in [0.05, 0.1) is 5.56 Å². The van der Waals surface area contributed by atoms with E-state index in [-0.39, 0.29) is 17.3 Å². The lowest BCUT2D eigenvalue weighted by atomic mass is 10.1. The van der Waals surface area contributed by atoms with E-state index >= 15 is 0 Å². The van der Waals surface area contributed by atoms with Crippen LogP contribution in [-0.2, 0) is 14.3 Å². The number of hydrogen-bond acceptors (Lipinski definition) is 11. The van der Waals surface area contributed by atoms with Crippen LogP contribution < -0.4 is 15.5 Å². The Morgan fingerprint density at radius 1 is 1.15 bits per heavy atom. The van der Waals surface area contributed by atoms with Crippen molar-refractivity contribution in [3.8, 4) is 0 Å². The highest BCUT2D eigenvalue weighted by atomic mass is 16.7. The molecule has 4 rings (SSSR count). The van der Waals surface area contributed by atoms with Crippen LogP contribution in [0.25, 0.3) is 5.52 Å². The summed E-state index contributed by atoms with van der Waals surface area (Å²) < 4.78 is 16.1. The van der Waals surface area contributed by atoms with Gasteiger partial charge in [-0.2, -0.15) is 10.00 Å². The Kier molecular flexibility index (Phi) is 8.72. The molecule has 0 saturated heterocycles. The lowest BCUT2D eigenvalue weighted by molar-refractivity contribution is -0.145. The maximum absolute atomic E-state index is 13.5. The second-order valence-corrected chi connectivity index (χ2v) is 8.57. The molecule has 0 atom stereocenters. The van der Waals surface area contributed by atoms with E-state index in [4.69, 9.17) is 14.0 Å². The van der Waals surface area contributed by atoms with Gasteiger partial charge in [0, 0.05) is 36.1 Å². The summed E-state index contributed by atoms with van der Waals surface area (Å²) in [5.41, 5.74) is 3.06. The molecule has 3 amide bonds. The molecule has 14 heteroatoms. The molecule has 212 valence electrons. The van der Waals surface area contributed by atoms with Crippen molar-refractivity contribution in [3.63, 3.8) is 0 Å². The first-order valence-corrected chi connectivity index (χ1v) is 12.4. The van der Waals surface area contributed by atoms with Gasteiger partial charge in [0.25, 0.3) is 11.8 Å². The Balaban J connectivity index is 1.63. The summed E-state index contributed by atoms with van der Waals surface area (Å²) in [5, 5.41) is 13.9. The van der Waals surface area contributed by atoms with Crippen molar-refractivity contribution in [2.75, 3.05) is 23.6 Å². The number of aryl methyl sites for hydroxylation is 2. The number of esters is 1. The van der Waals surface area contributed by atoms with E-state index in [0.717, 1.165) is 11.6 Å². The van der Waals surface area contributed by atoms with Gasteiger partial charge in [-0.1, -0.05) is 17.3 Å². The molecule has 0 unspecified atom stereocenters. The number of nitrogens with zero attached hydrogens (tertiary/aromatic N) is 5. The molecule has 0 fully saturated rings. The number of hydrogen-bond donors (Lipinski definition) is 2. The number of carbonyl (C=O) groups is 4. The van der Waals surface area contributed by atoms with Crippen LogP contribution in [0.2, 0.25) is 0 Å². The van der Waals surface area contributed by atoms with E-state index in [1.54, 1.807) is 30.6 Å². The van der Waals surface area contributed by atoms with Gasteiger partial charge >= 0.3 is 12.1 Å². The topological polar surface area (TPSA) is 170 Å². The monoisotopic (exact) mass is 561 g/mol. The molecule has 0 spiro atoms. The smallest absolute Gasteiger partial charge is 0.425 e. The second-order valence-electron chi connectivity index (χ2n) is 8.57. The van der Waals surface area contributed by atoms with E-state index in [2.05, 4.69) is 25.9 Å². The van der Waals surface area contributed by atoms with Gasteiger partial charge in [-0.3, -0.25) is 9.59 Å². The average molecular weight is 562 g/mol. The van der Waals surface area contributed by atoms with Gasteiger partial charge in [0.15, 0.2) is 11.6 Å². The molecule has 2 N–H and O–H groups in total. The van der Waals surface area contributed by atoms with E-state index in [0.29, 0.717) is 39.6 Å². The summed E-state index contributed by atoms with van der Waals surface area (Å²) >= 11 is 0. The highest BCUT2D eigenvalue weighted by molar-refractivity contribution is 6.19. The summed E-state index contributed by atoms with van der Waals surface area (Å²) in [6, 6.07) is 6.05. The normalized spacial score (nSPS) is 10.9. The molecule has 0 aliphatic heterocycles. The van der Waals surface area contributed by atoms with Gasteiger partial charge in [-0.25, -0.2) is 19.1 Å². The number of benzene rings is 1. The summed E-state index contributed by atoms with van der Waals surface area (Å²) in [6.07, 6.45) is 5.62. The van der Waals surface area contributed by atoms with Crippen LogP contribution in [0, 0.1) is 13.8 Å². The number of aromatic nitrogens is 4. The standard InChI is InChI=1S/C27H27N7O7/c1-5-7-22(35)39-15-40-27(38)34(21-10-11-41-32-21)26(37)18-9-8-16(3)20(12-18)31-24-23-17(4)19(25(36)28-6-2)13-33(23)30-14-29-24/h5,7-14H,6,15H2,1-4H3,(H,28,36)(H,29,30,31)/b7-5+. The zero-order chi connectivity index (χ0) is 29.5. The Bertz CT molecular complexity index is 1630. The summed E-state index contributed by atoms with van der Waals surface area (Å²) in [5.74, 6) is -1.46. The van der Waals surface area contributed by atoms with Crippen LogP contribution >= 0.6 is 0 Å². The molecule has 41 heavy (non-hydrogen) atoms. The van der Waals surface area contributed by atoms with Gasteiger partial charge in [0.1, 0.15) is 18.1 Å². The first kappa shape index (κ1) is 28.5. The van der Waals surface area contributed by atoms with Crippen LogP contribution in [-0.4, -0.2) is 57.0 Å². The fourth-order valence-electron chi connectivity index (χ4n) is 3.87. The number of fused-ring (bicyclic) bond motifs is 1. The predicted molar refractivity (Wildman–Crippen MR) is 146 cm³/mol. The number of carbonyl (C=O) groups excluding carboxylic acids is 4. The molecule has 3 aromatic heterocycles. The first-order chi connectivity index (χ1) is 19.7. The quantitative estimate of drug-likeness (QED) is 0.173. The number of imide groups is 1. The molecule has 4 aromatic rings. The van der Waals surface area contributed by atoms with Crippen molar-refractivity contribution in [3.05, 3.63) is 77.5 Å². The van der Waals surface area contributed by atoms with Crippen LogP contribution in [0.5, 0.6) is 0 Å². The van der Waals surface area contributed by atoms with Crippen LogP contribution in [0.1, 0.15) is 45.7 Å². The Hall–Kier alpha value is -5.53. The van der Waals surface area contributed by atoms with Gasteiger partial charge in [-0.05, 0) is 51.0 Å². The minimum absolute atomic E-state index is 0.101. The fraction of sp³-hybridized carbons (Fsp3) is 0.222. The van der Waals surface area contributed by atoms with Crippen molar-refractivity contribution < 1.29 is 33.2 Å². The van der Waals surface area contributed by atoms with Crippen molar-refractivity contribution in [1.82, 2.24) is 25.1 Å². The van der Waals surface area contributed by atoms with Gasteiger partial charge in [0.2, 0.25) is 6.79 Å². The number of nitrogens with one attached hydrogen (secondary N) is 2. The van der Waals surface area contributed by atoms with E-state index in [9.17, 15) is 19.2 Å². The van der Waals surface area contributed by atoms with Crippen molar-refractivity contribution in [2.24, 2.45) is 0 Å². The van der Waals surface area contributed by atoms with E-state index in [1.165, 1.54) is 36.9 Å². The van der Waals surface area contributed by atoms with Crippen LogP contribution in [0.15, 0.2) is 59.7 Å². The van der Waals surface area contributed by atoms with Crippen molar-refractivity contribution in [2.45, 2.75) is 27.7 Å². The Labute approximate surface area is 233 Å². The number of rotatable bonds is 9. The first-order valence-electron chi connectivity index (χ1n) is 12.4. The second kappa shape index (κ2) is 12.5. The lowest BCUT2D eigenvalue weighted by Gasteiger charge is -2.18. The lowest BCUT2D eigenvalue weighted by Crippen LogP contribution is -2.38. The Morgan fingerprint density at radius 2 is 1.95 bits per heavy atom. The molecular weight excluding hydrogens is 534 g/mol. The van der Waals surface area contributed by atoms with Crippen molar-refractivity contribution in [1.29, 1.82) is 0 Å². The average Bonchev–Trinajstić information content (AvgIpc) is 3.59. The largest absolute Gasteiger partial charge is 0.425 e. The van der Waals surface area contributed by atoms with Gasteiger partial charge in [-0.15, -0.1) is 0 Å². The highest BCUT2D eigenvalue weighted by Gasteiger charge is 2.29. The molecule has 0 bridgehead atoms. The summed E-state index contributed by atoms with van der Waals surface area (Å²) in [7, 11) is 0. The Morgan fingerprint density at radius 3 is 2.66 bits per heavy atom. The number of anilines is 3. The molecule has 14 nitrogen and oxygen atoms in total. The third-order valence-corrected chi connectivity index (χ3v) is 5.87. The fourth-order valence-corrected chi connectivity index (χ4v) is 3.87. The highest BCUT2D eigenvalue weighted by Crippen LogP contribution is 2.28. The molecular formula is C27H27N7O7. The summed E-state index contributed by atoms with van der Waals surface area (Å²) in [6.45, 7) is 6.82. The molecule has 0 aliphatic carbocycles. The molecule has 3 heterocycles. The number of amides is 3. The third-order valence-electron chi connectivity index (χ3n) is 5.87. The number of allylic oxidation sites excluding steroid dienone is 1. The summed E-state index contributed by atoms with van der Waals surface area (Å²) in [4.78, 5) is 55.4. The van der Waals surface area contributed by atoms with Crippen LogP contribution in [0.3, 0.4) is 0 Å². The third kappa shape index (κ3) is 6.21. The predicted octanol–water partition coefficient (Wildman–Crippen LogP) is 3.69. The van der Waals surface area contributed by atoms with E-state index in [1.807, 2.05) is 13.8 Å². The minimum atomic E-state index is -1.13. The minimum Gasteiger partial charge on any atom is -0.425 e. The van der Waals surface area contributed by atoms with E-state index < -0.39 is 24.8 Å². The zero-order valence-corrected chi connectivity index (χ0v) is 22.7. The molecule has 0 saturated carbocycles. The maximum Gasteiger partial charge on any atom is 0.425 e. The molecule has 1 aromatic carbocycles. The zero-order valence-electron chi connectivity index (χ0n) is 22.7. The van der Waals surface area contributed by atoms with Gasteiger partial charge < -0.3 is 24.6 Å². The number of ether oxygens (including phenoxy) is 2. The molecule has 0 radical (unpaired) electrons. The molecule has 0 aliphatic rings.